The van der Waals surface area contributed by atoms with E-state index in [2.05, 4.69) is 10.6 Å². The van der Waals surface area contributed by atoms with Crippen LogP contribution in [0.1, 0.15) is 5.56 Å². The van der Waals surface area contributed by atoms with Crippen LogP contribution in [0.25, 0.3) is 0 Å². The Balaban J connectivity index is 2.04. The van der Waals surface area contributed by atoms with Crippen LogP contribution in [0.2, 0.25) is 0 Å². The first-order valence-corrected chi connectivity index (χ1v) is 7.58. The number of carbonyl (C=O) groups is 1. The molecule has 0 aliphatic carbocycles. The number of hydrogen-bond donors (Lipinski definition) is 2. The number of benzene rings is 2. The molecule has 2 aromatic carbocycles. The summed E-state index contributed by atoms with van der Waals surface area (Å²) in [6, 6.07) is 10.2. The minimum atomic E-state index is -0.367. The molecule has 2 aromatic rings. The van der Waals surface area contributed by atoms with Gasteiger partial charge in [0.1, 0.15) is 23.0 Å². The third kappa shape index (κ3) is 4.94. The number of rotatable bonds is 7. The molecule has 0 bridgehead atoms. The Hall–Kier alpha value is -3.09. The fraction of sp³-hybridized carbons (Fsp3) is 0.278. The van der Waals surface area contributed by atoms with Crippen molar-refractivity contribution in [2.75, 3.05) is 33.8 Å². The molecule has 0 saturated carbocycles. The van der Waals surface area contributed by atoms with Gasteiger partial charge in [-0.3, -0.25) is 0 Å². The van der Waals surface area contributed by atoms with Gasteiger partial charge in [0.15, 0.2) is 0 Å². The van der Waals surface area contributed by atoms with Crippen molar-refractivity contribution < 1.29 is 23.7 Å². The van der Waals surface area contributed by atoms with Crippen LogP contribution in [0.3, 0.4) is 0 Å². The molecule has 0 spiro atoms. The van der Waals surface area contributed by atoms with E-state index < -0.39 is 0 Å². The molecule has 0 saturated heterocycles. The molecule has 2 rings (SSSR count). The summed E-state index contributed by atoms with van der Waals surface area (Å²) in [5, 5.41) is 5.53. The lowest BCUT2D eigenvalue weighted by Crippen LogP contribution is -2.28. The summed E-state index contributed by atoms with van der Waals surface area (Å²) >= 11 is 0. The van der Waals surface area contributed by atoms with Gasteiger partial charge in [0.25, 0.3) is 0 Å². The van der Waals surface area contributed by atoms with E-state index in [0.717, 1.165) is 5.56 Å². The van der Waals surface area contributed by atoms with Gasteiger partial charge in [-0.15, -0.1) is 0 Å². The van der Waals surface area contributed by atoms with Crippen molar-refractivity contribution in [3.05, 3.63) is 42.0 Å². The second-order valence-corrected chi connectivity index (χ2v) is 5.09. The van der Waals surface area contributed by atoms with Crippen LogP contribution < -0.4 is 29.6 Å². The summed E-state index contributed by atoms with van der Waals surface area (Å²) in [6.07, 6.45) is 0. The molecule has 0 radical (unpaired) electrons. The molecule has 0 aromatic heterocycles. The van der Waals surface area contributed by atoms with Gasteiger partial charge < -0.3 is 29.6 Å². The number of hydrogen-bond acceptors (Lipinski definition) is 5. The molecular formula is C18H22N2O5. The summed E-state index contributed by atoms with van der Waals surface area (Å²) in [5.74, 6) is 2.48. The molecule has 7 nitrogen and oxygen atoms in total. The van der Waals surface area contributed by atoms with E-state index in [1.54, 1.807) is 45.6 Å². The molecule has 0 heterocycles. The quantitative estimate of drug-likeness (QED) is 0.806. The smallest absolute Gasteiger partial charge is 0.319 e. The normalized spacial score (nSPS) is 9.92. The molecular weight excluding hydrogens is 324 g/mol. The minimum Gasteiger partial charge on any atom is -0.497 e. The Labute approximate surface area is 146 Å². The maximum absolute atomic E-state index is 12.2. The third-order valence-corrected chi connectivity index (χ3v) is 3.52. The van der Waals surface area contributed by atoms with Crippen molar-refractivity contribution in [3.8, 4) is 23.0 Å². The number of urea groups is 1. The predicted molar refractivity (Wildman–Crippen MR) is 95.0 cm³/mol. The van der Waals surface area contributed by atoms with Crippen LogP contribution in [0.4, 0.5) is 10.5 Å². The fourth-order valence-corrected chi connectivity index (χ4v) is 2.23. The number of nitrogens with one attached hydrogen (secondary N) is 2. The molecule has 0 aliphatic heterocycles. The van der Waals surface area contributed by atoms with Gasteiger partial charge in [-0.25, -0.2) is 4.79 Å². The predicted octanol–water partition coefficient (Wildman–Crippen LogP) is 3.04. The Morgan fingerprint density at radius 3 is 2.04 bits per heavy atom. The molecule has 2 N–H and O–H groups in total. The molecule has 7 heteroatoms. The van der Waals surface area contributed by atoms with E-state index in [1.165, 1.54) is 7.11 Å². The number of carbonyl (C=O) groups excluding carboxylic acids is 1. The molecule has 2 amide bonds. The van der Waals surface area contributed by atoms with Gasteiger partial charge in [-0.05, 0) is 29.8 Å². The Bertz CT molecular complexity index is 711. The summed E-state index contributed by atoms with van der Waals surface area (Å²) in [6.45, 7) is 0.311. The maximum atomic E-state index is 12.2. The molecule has 0 aliphatic rings. The zero-order chi connectivity index (χ0) is 18.2. The van der Waals surface area contributed by atoms with E-state index in [-0.39, 0.29) is 6.03 Å². The molecule has 0 fully saturated rings. The summed E-state index contributed by atoms with van der Waals surface area (Å²) < 4.78 is 20.8. The Kier molecular flexibility index (Phi) is 6.33. The van der Waals surface area contributed by atoms with Gasteiger partial charge in [-0.1, -0.05) is 0 Å². The monoisotopic (exact) mass is 346 g/mol. The zero-order valence-electron chi connectivity index (χ0n) is 14.7. The highest BCUT2D eigenvalue weighted by atomic mass is 16.5. The lowest BCUT2D eigenvalue weighted by molar-refractivity contribution is 0.251. The second kappa shape index (κ2) is 8.68. The highest BCUT2D eigenvalue weighted by molar-refractivity contribution is 5.91. The first kappa shape index (κ1) is 18.3. The van der Waals surface area contributed by atoms with Crippen LogP contribution in [-0.4, -0.2) is 34.5 Å². The average Bonchev–Trinajstić information content (AvgIpc) is 2.65. The summed E-state index contributed by atoms with van der Waals surface area (Å²) in [7, 11) is 6.25. The minimum absolute atomic E-state index is 0.311. The van der Waals surface area contributed by atoms with Crippen LogP contribution in [0.5, 0.6) is 23.0 Å². The molecule has 0 atom stereocenters. The van der Waals surface area contributed by atoms with Crippen molar-refractivity contribution in [1.29, 1.82) is 0 Å². The highest BCUT2D eigenvalue weighted by Gasteiger charge is 2.09. The van der Waals surface area contributed by atoms with Crippen molar-refractivity contribution in [1.82, 2.24) is 5.32 Å². The Morgan fingerprint density at radius 1 is 0.840 bits per heavy atom. The van der Waals surface area contributed by atoms with E-state index >= 15 is 0 Å². The summed E-state index contributed by atoms with van der Waals surface area (Å²) in [4.78, 5) is 12.2. The number of ether oxygens (including phenoxy) is 4. The van der Waals surface area contributed by atoms with Crippen LogP contribution >= 0.6 is 0 Å². The lowest BCUT2D eigenvalue weighted by atomic mass is 10.2. The van der Waals surface area contributed by atoms with Crippen LogP contribution in [0, 0.1) is 0 Å². The number of anilines is 1. The first-order valence-electron chi connectivity index (χ1n) is 7.58. The average molecular weight is 346 g/mol. The largest absolute Gasteiger partial charge is 0.497 e. The zero-order valence-corrected chi connectivity index (χ0v) is 14.7. The van der Waals surface area contributed by atoms with E-state index in [4.69, 9.17) is 18.9 Å². The fourth-order valence-electron chi connectivity index (χ4n) is 2.23. The van der Waals surface area contributed by atoms with Gasteiger partial charge in [0, 0.05) is 18.7 Å². The van der Waals surface area contributed by atoms with Gasteiger partial charge in [-0.2, -0.15) is 0 Å². The first-order chi connectivity index (χ1) is 12.1. The highest BCUT2D eigenvalue weighted by Crippen LogP contribution is 2.28. The standard InChI is InChI=1S/C18H22N2O5/c1-22-13-5-6-17(25-4)16(10-13)20-18(21)19-11-12-7-14(23-2)9-15(8-12)24-3/h5-10H,11H2,1-4H3,(H2,19,20,21). The van der Waals surface area contributed by atoms with Crippen molar-refractivity contribution in [2.24, 2.45) is 0 Å². The van der Waals surface area contributed by atoms with Gasteiger partial charge in [0.05, 0.1) is 34.1 Å². The van der Waals surface area contributed by atoms with Crippen molar-refractivity contribution in [2.45, 2.75) is 6.54 Å². The van der Waals surface area contributed by atoms with Gasteiger partial charge in [0.2, 0.25) is 0 Å². The second-order valence-electron chi connectivity index (χ2n) is 5.09. The van der Waals surface area contributed by atoms with E-state index in [9.17, 15) is 4.79 Å². The topological polar surface area (TPSA) is 78.1 Å². The van der Waals surface area contributed by atoms with Gasteiger partial charge >= 0.3 is 6.03 Å². The van der Waals surface area contributed by atoms with Crippen molar-refractivity contribution >= 4 is 11.7 Å². The SMILES string of the molecule is COc1cc(CNC(=O)Nc2cc(OC)ccc2OC)cc(OC)c1. The molecule has 25 heavy (non-hydrogen) atoms. The van der Waals surface area contributed by atoms with Crippen molar-refractivity contribution in [3.63, 3.8) is 0 Å². The van der Waals surface area contributed by atoms with E-state index in [0.29, 0.717) is 35.2 Å². The van der Waals surface area contributed by atoms with E-state index in [1.807, 2.05) is 12.1 Å². The van der Waals surface area contributed by atoms with Crippen LogP contribution in [0.15, 0.2) is 36.4 Å². The molecule has 134 valence electrons. The number of amides is 2. The maximum Gasteiger partial charge on any atom is 0.319 e. The number of methoxy groups -OCH3 is 4. The van der Waals surface area contributed by atoms with Crippen LogP contribution in [-0.2, 0) is 6.54 Å². The molecule has 0 unspecified atom stereocenters. The third-order valence-electron chi connectivity index (χ3n) is 3.52. The summed E-state index contributed by atoms with van der Waals surface area (Å²) in [5.41, 5.74) is 1.37. The Morgan fingerprint density at radius 2 is 1.48 bits per heavy atom. The lowest BCUT2D eigenvalue weighted by Gasteiger charge is -2.13.